The Morgan fingerprint density at radius 3 is 2.24 bits per heavy atom. The number of rotatable bonds is 3. The van der Waals surface area contributed by atoms with Gasteiger partial charge in [-0.05, 0) is 49.3 Å². The second kappa shape index (κ2) is 6.65. The van der Waals surface area contributed by atoms with Gasteiger partial charge in [-0.1, -0.05) is 26.8 Å². The Labute approximate surface area is 190 Å². The van der Waals surface area contributed by atoms with E-state index in [9.17, 15) is 23.4 Å². The molecule has 176 valence electrons. The van der Waals surface area contributed by atoms with Crippen molar-refractivity contribution in [3.63, 3.8) is 0 Å². The van der Waals surface area contributed by atoms with Gasteiger partial charge >= 0.3 is 6.18 Å². The van der Waals surface area contributed by atoms with Crippen LogP contribution in [0.15, 0.2) is 30.4 Å². The van der Waals surface area contributed by atoms with Gasteiger partial charge in [0.25, 0.3) is 0 Å². The molecule has 0 amide bonds. The van der Waals surface area contributed by atoms with Gasteiger partial charge in [0.1, 0.15) is 5.60 Å². The highest BCUT2D eigenvalue weighted by Gasteiger charge is 2.62. The molecule has 2 atom stereocenters. The molecule has 0 saturated carbocycles. The van der Waals surface area contributed by atoms with Crippen molar-refractivity contribution in [3.05, 3.63) is 58.5 Å². The topological polar surface area (TPSA) is 68.2 Å². The van der Waals surface area contributed by atoms with Gasteiger partial charge in [-0.15, -0.1) is 0 Å². The molecule has 3 heterocycles. The summed E-state index contributed by atoms with van der Waals surface area (Å²) in [6, 6.07) is 3.00. The monoisotopic (exact) mass is 478 g/mol. The van der Waals surface area contributed by atoms with Crippen molar-refractivity contribution >= 4 is 14.0 Å². The van der Waals surface area contributed by atoms with Gasteiger partial charge in [0, 0.05) is 0 Å². The minimum Gasteiger partial charge on any atom is -0.494 e. The van der Waals surface area contributed by atoms with E-state index in [-0.39, 0.29) is 21.9 Å². The quantitative estimate of drug-likeness (QED) is 0.302. The molecule has 0 fully saturated rings. The smallest absolute Gasteiger partial charge is 0.407 e. The number of benzene rings is 1. The Bertz CT molecular complexity index is 1240. The molecule has 6 nitrogen and oxygen atoms in total. The van der Waals surface area contributed by atoms with Gasteiger partial charge < -0.3 is 19.4 Å². The molecule has 2 aliphatic rings. The summed E-state index contributed by atoms with van der Waals surface area (Å²) in [7, 11) is -2.45. The lowest BCUT2D eigenvalue weighted by molar-refractivity contribution is -0.182. The summed E-state index contributed by atoms with van der Waals surface area (Å²) in [5, 5.41) is 22.1. The third kappa shape index (κ3) is 3.21. The second-order valence-corrected chi connectivity index (χ2v) is 14.8. The van der Waals surface area contributed by atoms with Gasteiger partial charge in [0.15, 0.2) is 14.0 Å². The van der Waals surface area contributed by atoms with Crippen LogP contribution in [0.1, 0.15) is 44.4 Å². The number of hydrogen-bond donors (Lipinski definition) is 2. The predicted molar refractivity (Wildman–Crippen MR) is 118 cm³/mol. The van der Waals surface area contributed by atoms with E-state index < -0.39 is 48.9 Å². The zero-order valence-electron chi connectivity index (χ0n) is 19.1. The summed E-state index contributed by atoms with van der Waals surface area (Å²) in [4.78, 5) is 2.94. The van der Waals surface area contributed by atoms with Gasteiger partial charge in [0.05, 0.1) is 28.9 Å². The molecule has 2 aliphatic heterocycles. The van der Waals surface area contributed by atoms with Crippen LogP contribution in [0.2, 0.25) is 18.1 Å². The van der Waals surface area contributed by atoms with E-state index in [1.54, 1.807) is 19.1 Å². The molecule has 10 heteroatoms. The molecule has 0 spiro atoms. The number of aromatic nitrogens is 1. The predicted octanol–water partition coefficient (Wildman–Crippen LogP) is 6.45. The van der Waals surface area contributed by atoms with Crippen molar-refractivity contribution in [1.82, 2.24) is 4.57 Å². The lowest BCUT2D eigenvalue weighted by Crippen LogP contribution is -2.47. The average molecular weight is 479 g/mol. The lowest BCUT2D eigenvalue weighted by atomic mass is 9.90. The molecule has 33 heavy (non-hydrogen) atoms. The number of hydrogen-bond acceptors (Lipinski definition) is 4. The van der Waals surface area contributed by atoms with Crippen molar-refractivity contribution in [2.24, 2.45) is 0 Å². The Morgan fingerprint density at radius 1 is 1.09 bits per heavy atom. The number of fused-ring (bicyclic) bond motifs is 5. The maximum Gasteiger partial charge on any atom is 0.407 e. The Balaban J connectivity index is 1.93. The van der Waals surface area contributed by atoms with Crippen LogP contribution in [0, 0.1) is 6.57 Å². The maximum absolute atomic E-state index is 13.5. The van der Waals surface area contributed by atoms with Gasteiger partial charge in [-0.25, -0.2) is 4.85 Å². The van der Waals surface area contributed by atoms with Gasteiger partial charge in [0.2, 0.25) is 17.5 Å². The first-order valence-corrected chi connectivity index (χ1v) is 13.3. The molecule has 2 N–H and O–H groups in total. The Morgan fingerprint density at radius 2 is 1.70 bits per heavy atom. The van der Waals surface area contributed by atoms with E-state index in [1.165, 1.54) is 6.07 Å². The van der Waals surface area contributed by atoms with Crippen LogP contribution < -0.4 is 0 Å². The average Bonchev–Trinajstić information content (AvgIpc) is 3.24. The zero-order valence-corrected chi connectivity index (χ0v) is 20.1. The highest BCUT2D eigenvalue weighted by atomic mass is 28.4. The molecule has 1 aromatic carbocycles. The summed E-state index contributed by atoms with van der Waals surface area (Å²) in [5.41, 5.74) is -2.57. The molecule has 1 aromatic heterocycles. The van der Waals surface area contributed by atoms with E-state index in [4.69, 9.17) is 15.7 Å². The fourth-order valence-electron chi connectivity index (χ4n) is 4.14. The normalized spacial score (nSPS) is 24.2. The molecular weight excluding hydrogens is 453 g/mol. The van der Waals surface area contributed by atoms with Gasteiger partial charge in [-0.2, -0.15) is 13.2 Å². The van der Waals surface area contributed by atoms with Crippen LogP contribution in [-0.2, 0) is 26.7 Å². The summed E-state index contributed by atoms with van der Waals surface area (Å²) >= 11 is 0. The molecule has 0 aliphatic carbocycles. The van der Waals surface area contributed by atoms with E-state index in [1.807, 2.05) is 33.9 Å². The number of halogens is 3. The number of alkyl halides is 3. The molecule has 0 saturated heterocycles. The molecular formula is C23H25F3N2O4Si. The summed E-state index contributed by atoms with van der Waals surface area (Å²) < 4.78 is 54.3. The van der Waals surface area contributed by atoms with E-state index >= 15 is 0 Å². The van der Waals surface area contributed by atoms with Crippen LogP contribution >= 0.6 is 0 Å². The van der Waals surface area contributed by atoms with Crippen molar-refractivity contribution < 1.29 is 32.5 Å². The standard InChI is InChI=1S/C23H25F3N2O4Si/c1-20(2,3)33(6,7)32-22-11-10-21(4,31-22)16-17(22)19(30)28(18(16)29)13-8-9-15(27-5)14(12-13)23(24,25)26/h8-12,29-30H,1-4,6-7H3. The van der Waals surface area contributed by atoms with Crippen molar-refractivity contribution in [3.8, 4) is 17.4 Å². The largest absolute Gasteiger partial charge is 0.494 e. The minimum absolute atomic E-state index is 0.135. The zero-order chi connectivity index (χ0) is 24.8. The third-order valence-corrected chi connectivity index (χ3v) is 11.3. The maximum atomic E-state index is 13.5. The van der Waals surface area contributed by atoms with Gasteiger partial charge in [-0.3, -0.25) is 4.57 Å². The van der Waals surface area contributed by atoms with Crippen molar-refractivity contribution in [1.29, 1.82) is 0 Å². The van der Waals surface area contributed by atoms with E-state index in [0.717, 1.165) is 16.7 Å². The van der Waals surface area contributed by atoms with Crippen LogP contribution in [0.25, 0.3) is 10.5 Å². The Hall–Kier alpha value is -2.74. The summed E-state index contributed by atoms with van der Waals surface area (Å²) in [6.45, 7) is 18.9. The summed E-state index contributed by atoms with van der Waals surface area (Å²) in [5.74, 6) is -2.39. The minimum atomic E-state index is -4.78. The highest BCUT2D eigenvalue weighted by Crippen LogP contribution is 2.63. The number of aromatic hydroxyl groups is 2. The van der Waals surface area contributed by atoms with E-state index in [0.29, 0.717) is 0 Å². The first kappa shape index (κ1) is 23.4. The second-order valence-electron chi connectivity index (χ2n) is 10.1. The van der Waals surface area contributed by atoms with E-state index in [2.05, 4.69) is 4.85 Å². The van der Waals surface area contributed by atoms with Crippen molar-refractivity contribution in [2.45, 2.75) is 63.4 Å². The lowest BCUT2D eigenvalue weighted by Gasteiger charge is -2.42. The fourth-order valence-corrected chi connectivity index (χ4v) is 5.41. The Kier molecular flexibility index (Phi) is 4.72. The molecule has 0 radical (unpaired) electrons. The van der Waals surface area contributed by atoms with Crippen LogP contribution in [0.3, 0.4) is 0 Å². The van der Waals surface area contributed by atoms with Crippen LogP contribution in [0.4, 0.5) is 18.9 Å². The first-order chi connectivity index (χ1) is 15.0. The molecule has 4 rings (SSSR count). The third-order valence-electron chi connectivity index (χ3n) is 6.83. The number of nitrogens with zero attached hydrogens (tertiary/aromatic N) is 2. The molecule has 2 aromatic rings. The van der Waals surface area contributed by atoms with Crippen molar-refractivity contribution in [2.75, 3.05) is 0 Å². The fraction of sp³-hybridized carbons (Fsp3) is 0.435. The number of ether oxygens (including phenoxy) is 1. The van der Waals surface area contributed by atoms with Crippen LogP contribution in [-0.4, -0.2) is 23.1 Å². The SMILES string of the molecule is [C-]#[N+]c1ccc(-n2c(O)c3c(c2O)C2(O[Si](C)(C)C(C)(C)C)C=CC3(C)O2)cc1C(F)(F)F. The highest BCUT2D eigenvalue weighted by molar-refractivity contribution is 6.74. The first-order valence-electron chi connectivity index (χ1n) is 10.3. The van der Waals surface area contributed by atoms with Crippen LogP contribution in [0.5, 0.6) is 11.8 Å². The molecule has 2 unspecified atom stereocenters. The summed E-state index contributed by atoms with van der Waals surface area (Å²) in [6.07, 6.45) is -1.38. The molecule has 2 bridgehead atoms.